The van der Waals surface area contributed by atoms with Gasteiger partial charge >= 0.3 is 0 Å². The summed E-state index contributed by atoms with van der Waals surface area (Å²) in [4.78, 5) is 20.5. The van der Waals surface area contributed by atoms with Gasteiger partial charge < -0.3 is 15.1 Å². The Bertz CT molecular complexity index is 444. The van der Waals surface area contributed by atoms with E-state index in [2.05, 4.69) is 22.2 Å². The van der Waals surface area contributed by atoms with Crippen molar-refractivity contribution < 1.29 is 4.79 Å². The van der Waals surface area contributed by atoms with E-state index >= 15 is 0 Å². The second-order valence-corrected chi connectivity index (χ2v) is 4.80. The Labute approximate surface area is 112 Å². The van der Waals surface area contributed by atoms with Crippen LogP contribution in [0.15, 0.2) is 12.1 Å². The van der Waals surface area contributed by atoms with Crippen LogP contribution in [0.2, 0.25) is 5.15 Å². The molecule has 18 heavy (non-hydrogen) atoms. The highest BCUT2D eigenvalue weighted by atomic mass is 35.5. The topological polar surface area (TPSA) is 48.5 Å². The molecule has 2 rings (SSSR count). The van der Waals surface area contributed by atoms with E-state index in [9.17, 15) is 4.79 Å². The lowest BCUT2D eigenvalue weighted by Gasteiger charge is -2.32. The molecule has 1 aromatic rings. The van der Waals surface area contributed by atoms with Crippen LogP contribution in [0, 0.1) is 0 Å². The minimum atomic E-state index is 0.0175. The van der Waals surface area contributed by atoms with Crippen LogP contribution in [0.1, 0.15) is 10.4 Å². The number of nitrogens with zero attached hydrogens (tertiary/aromatic N) is 3. The summed E-state index contributed by atoms with van der Waals surface area (Å²) in [6.07, 6.45) is 0. The van der Waals surface area contributed by atoms with E-state index < -0.39 is 0 Å². The summed E-state index contributed by atoms with van der Waals surface area (Å²) in [5.74, 6) is 0.629. The summed E-state index contributed by atoms with van der Waals surface area (Å²) < 4.78 is 0. The first kappa shape index (κ1) is 13.1. The van der Waals surface area contributed by atoms with Crippen LogP contribution in [0.25, 0.3) is 0 Å². The van der Waals surface area contributed by atoms with Gasteiger partial charge in [-0.1, -0.05) is 11.6 Å². The third-order valence-corrected chi connectivity index (χ3v) is 3.28. The van der Waals surface area contributed by atoms with Crippen molar-refractivity contribution in [1.29, 1.82) is 0 Å². The van der Waals surface area contributed by atoms with Crippen LogP contribution in [-0.2, 0) is 0 Å². The number of piperazine rings is 1. The Kier molecular flexibility index (Phi) is 4.04. The second kappa shape index (κ2) is 5.54. The predicted molar refractivity (Wildman–Crippen MR) is 72.2 cm³/mol. The van der Waals surface area contributed by atoms with Crippen molar-refractivity contribution in [2.75, 3.05) is 45.6 Å². The van der Waals surface area contributed by atoms with E-state index in [1.54, 1.807) is 19.2 Å². The Morgan fingerprint density at radius 1 is 1.33 bits per heavy atom. The Hall–Kier alpha value is -1.33. The zero-order valence-corrected chi connectivity index (χ0v) is 11.4. The molecule has 6 heteroatoms. The number of likely N-dealkylation sites (N-methyl/N-ethyl adjacent to an activating group) is 1. The molecule has 1 N–H and O–H groups in total. The summed E-state index contributed by atoms with van der Waals surface area (Å²) >= 11 is 5.90. The maximum Gasteiger partial charge on any atom is 0.254 e. The van der Waals surface area contributed by atoms with Crippen LogP contribution in [0.3, 0.4) is 0 Å². The number of nitrogens with one attached hydrogen (secondary N) is 1. The maximum atomic E-state index is 12.3. The van der Waals surface area contributed by atoms with E-state index in [1.165, 1.54) is 0 Å². The van der Waals surface area contributed by atoms with E-state index in [0.29, 0.717) is 16.5 Å². The molecule has 1 aliphatic rings. The van der Waals surface area contributed by atoms with Crippen molar-refractivity contribution in [3.63, 3.8) is 0 Å². The highest BCUT2D eigenvalue weighted by molar-refractivity contribution is 6.29. The van der Waals surface area contributed by atoms with Gasteiger partial charge in [-0.2, -0.15) is 0 Å². The van der Waals surface area contributed by atoms with Crippen LogP contribution in [-0.4, -0.2) is 61.0 Å². The Morgan fingerprint density at radius 2 is 2.00 bits per heavy atom. The number of aromatic nitrogens is 1. The first-order valence-corrected chi connectivity index (χ1v) is 6.31. The maximum absolute atomic E-state index is 12.3. The molecule has 0 bridgehead atoms. The molecule has 1 aromatic heterocycles. The van der Waals surface area contributed by atoms with Gasteiger partial charge in [-0.15, -0.1) is 0 Å². The minimum Gasteiger partial charge on any atom is -0.373 e. The molecule has 0 saturated carbocycles. The molecule has 0 unspecified atom stereocenters. The zero-order valence-electron chi connectivity index (χ0n) is 10.6. The molecule has 1 amide bonds. The van der Waals surface area contributed by atoms with Gasteiger partial charge in [0.15, 0.2) is 0 Å². The number of anilines is 1. The molecule has 0 atom stereocenters. The molecule has 0 spiro atoms. The summed E-state index contributed by atoms with van der Waals surface area (Å²) in [7, 11) is 3.81. The number of halogens is 1. The highest BCUT2D eigenvalue weighted by Crippen LogP contribution is 2.16. The number of hydrogen-bond donors (Lipinski definition) is 1. The summed E-state index contributed by atoms with van der Waals surface area (Å²) in [5.41, 5.74) is 0.587. The lowest BCUT2D eigenvalue weighted by Crippen LogP contribution is -2.47. The normalized spacial score (nSPS) is 16.7. The van der Waals surface area contributed by atoms with Gasteiger partial charge in [0.2, 0.25) is 0 Å². The zero-order chi connectivity index (χ0) is 13.1. The number of rotatable bonds is 2. The summed E-state index contributed by atoms with van der Waals surface area (Å²) in [6.45, 7) is 3.32. The first-order chi connectivity index (χ1) is 8.60. The van der Waals surface area contributed by atoms with Crippen molar-refractivity contribution in [1.82, 2.24) is 14.8 Å². The van der Waals surface area contributed by atoms with E-state index in [0.717, 1.165) is 26.2 Å². The average molecular weight is 269 g/mol. The van der Waals surface area contributed by atoms with Crippen molar-refractivity contribution in [3.05, 3.63) is 22.8 Å². The first-order valence-electron chi connectivity index (χ1n) is 5.93. The number of carbonyl (C=O) groups is 1. The Morgan fingerprint density at radius 3 is 2.61 bits per heavy atom. The van der Waals surface area contributed by atoms with Crippen LogP contribution in [0.5, 0.6) is 0 Å². The molecule has 0 aromatic carbocycles. The van der Waals surface area contributed by atoms with Gasteiger partial charge in [0.1, 0.15) is 11.0 Å². The van der Waals surface area contributed by atoms with Crippen molar-refractivity contribution in [2.45, 2.75) is 0 Å². The third-order valence-electron chi connectivity index (χ3n) is 3.09. The number of hydrogen-bond acceptors (Lipinski definition) is 4. The molecule has 1 fully saturated rings. The van der Waals surface area contributed by atoms with Gasteiger partial charge in [0.25, 0.3) is 5.91 Å². The second-order valence-electron chi connectivity index (χ2n) is 4.41. The molecular weight excluding hydrogens is 252 g/mol. The monoisotopic (exact) mass is 268 g/mol. The van der Waals surface area contributed by atoms with Gasteiger partial charge in [0.05, 0.1) is 0 Å². The molecular formula is C12H17ClN4O. The van der Waals surface area contributed by atoms with E-state index in [1.807, 2.05) is 4.90 Å². The van der Waals surface area contributed by atoms with Crippen molar-refractivity contribution >= 4 is 23.3 Å². The molecule has 0 aliphatic carbocycles. The molecule has 1 saturated heterocycles. The number of amides is 1. The lowest BCUT2D eigenvalue weighted by molar-refractivity contribution is 0.0664. The minimum absolute atomic E-state index is 0.0175. The molecule has 1 aliphatic heterocycles. The Balaban J connectivity index is 2.15. The van der Waals surface area contributed by atoms with Crippen LogP contribution >= 0.6 is 11.6 Å². The van der Waals surface area contributed by atoms with Gasteiger partial charge in [-0.25, -0.2) is 4.98 Å². The van der Waals surface area contributed by atoms with E-state index in [4.69, 9.17) is 11.6 Å². The molecule has 5 nitrogen and oxygen atoms in total. The quantitative estimate of drug-likeness (QED) is 0.818. The number of pyridine rings is 1. The summed E-state index contributed by atoms with van der Waals surface area (Å²) in [6, 6.07) is 3.34. The van der Waals surface area contributed by atoms with Crippen LogP contribution < -0.4 is 5.32 Å². The largest absolute Gasteiger partial charge is 0.373 e. The highest BCUT2D eigenvalue weighted by Gasteiger charge is 2.21. The van der Waals surface area contributed by atoms with Crippen LogP contribution in [0.4, 0.5) is 5.82 Å². The van der Waals surface area contributed by atoms with Gasteiger partial charge in [-0.05, 0) is 19.2 Å². The predicted octanol–water partition coefficient (Wildman–Crippen LogP) is 1.16. The van der Waals surface area contributed by atoms with Crippen molar-refractivity contribution in [2.24, 2.45) is 0 Å². The fraction of sp³-hybridized carbons (Fsp3) is 0.500. The number of carbonyl (C=O) groups excluding carboxylic acids is 1. The fourth-order valence-corrected chi connectivity index (χ4v) is 2.15. The lowest BCUT2D eigenvalue weighted by atomic mass is 10.2. The molecule has 98 valence electrons. The standard InChI is InChI=1S/C12H17ClN4O/c1-14-11-8-9(7-10(13)15-11)12(18)17-5-3-16(2)4-6-17/h7-8H,3-6H2,1-2H3,(H,14,15). The van der Waals surface area contributed by atoms with Gasteiger partial charge in [-0.3, -0.25) is 4.79 Å². The third kappa shape index (κ3) is 2.91. The SMILES string of the molecule is CNc1cc(C(=O)N2CCN(C)CC2)cc(Cl)n1. The van der Waals surface area contributed by atoms with E-state index in [-0.39, 0.29) is 5.91 Å². The van der Waals surface area contributed by atoms with Gasteiger partial charge in [0, 0.05) is 38.8 Å². The fourth-order valence-electron chi connectivity index (χ4n) is 1.94. The smallest absolute Gasteiger partial charge is 0.254 e. The summed E-state index contributed by atoms with van der Waals surface area (Å²) in [5, 5.41) is 3.23. The molecule has 2 heterocycles. The average Bonchev–Trinajstić information content (AvgIpc) is 2.38. The van der Waals surface area contributed by atoms with Crippen molar-refractivity contribution in [3.8, 4) is 0 Å². The molecule has 0 radical (unpaired) electrons.